The number of likely N-dealkylation sites (N-methyl/N-ethyl adjacent to an activating group) is 1. The number of ether oxygens (including phenoxy) is 2. The molecule has 0 aliphatic carbocycles. The summed E-state index contributed by atoms with van der Waals surface area (Å²) in [5.74, 6) is 0.456. The van der Waals surface area contributed by atoms with Gasteiger partial charge in [-0.3, -0.25) is 4.79 Å². The summed E-state index contributed by atoms with van der Waals surface area (Å²) < 4.78 is 10.7. The van der Waals surface area contributed by atoms with Crippen LogP contribution in [0.2, 0.25) is 5.02 Å². The molecular weight excluding hydrogens is 268 g/mol. The molecular formula is C13H17ClN2O3. The lowest BCUT2D eigenvalue weighted by Crippen LogP contribution is -2.23. The van der Waals surface area contributed by atoms with Crippen LogP contribution in [0.3, 0.4) is 0 Å². The van der Waals surface area contributed by atoms with Crippen LogP contribution in [0.5, 0.6) is 5.75 Å². The summed E-state index contributed by atoms with van der Waals surface area (Å²) in [5.41, 5.74) is 1.57. The molecule has 1 aromatic carbocycles. The van der Waals surface area contributed by atoms with Gasteiger partial charge < -0.3 is 20.1 Å². The first-order chi connectivity index (χ1) is 9.06. The van der Waals surface area contributed by atoms with Gasteiger partial charge in [-0.1, -0.05) is 11.6 Å². The van der Waals surface area contributed by atoms with Crippen LogP contribution in [0.1, 0.15) is 18.5 Å². The molecule has 0 saturated carbocycles. The van der Waals surface area contributed by atoms with Crippen LogP contribution < -0.4 is 15.4 Å². The topological polar surface area (TPSA) is 59.6 Å². The summed E-state index contributed by atoms with van der Waals surface area (Å²) >= 11 is 6.19. The summed E-state index contributed by atoms with van der Waals surface area (Å²) in [6.07, 6.45) is -0.113. The van der Waals surface area contributed by atoms with Gasteiger partial charge in [-0.05, 0) is 20.0 Å². The van der Waals surface area contributed by atoms with Gasteiger partial charge in [0.05, 0.1) is 11.6 Å². The van der Waals surface area contributed by atoms with Crippen LogP contribution in [-0.4, -0.2) is 32.8 Å². The monoisotopic (exact) mass is 284 g/mol. The average molecular weight is 285 g/mol. The molecule has 1 aliphatic rings. The van der Waals surface area contributed by atoms with Crippen molar-refractivity contribution in [3.05, 3.63) is 22.7 Å². The van der Waals surface area contributed by atoms with E-state index in [0.717, 1.165) is 11.3 Å². The fourth-order valence-electron chi connectivity index (χ4n) is 2.12. The quantitative estimate of drug-likeness (QED) is 0.868. The van der Waals surface area contributed by atoms with Gasteiger partial charge in [-0.15, -0.1) is 0 Å². The first-order valence-electron chi connectivity index (χ1n) is 6.04. The van der Waals surface area contributed by atoms with Gasteiger partial charge in [0.2, 0.25) is 5.91 Å². The predicted molar refractivity (Wildman–Crippen MR) is 73.8 cm³/mol. The molecule has 0 spiro atoms. The van der Waals surface area contributed by atoms with E-state index in [1.54, 1.807) is 26.3 Å². The van der Waals surface area contributed by atoms with Gasteiger partial charge in [0.15, 0.2) is 0 Å². The first-order valence-corrected chi connectivity index (χ1v) is 6.41. The predicted octanol–water partition coefficient (Wildman–Crippen LogP) is 1.97. The Morgan fingerprint density at radius 3 is 2.89 bits per heavy atom. The highest BCUT2D eigenvalue weighted by molar-refractivity contribution is 6.32. The number of nitrogens with one attached hydrogen (secondary N) is 2. The van der Waals surface area contributed by atoms with Gasteiger partial charge in [0.1, 0.15) is 17.9 Å². The van der Waals surface area contributed by atoms with E-state index in [4.69, 9.17) is 21.1 Å². The van der Waals surface area contributed by atoms with Crippen molar-refractivity contribution >= 4 is 23.2 Å². The summed E-state index contributed by atoms with van der Waals surface area (Å²) in [6, 6.07) is 3.14. The highest BCUT2D eigenvalue weighted by Gasteiger charge is 2.30. The van der Waals surface area contributed by atoms with E-state index in [1.165, 1.54) is 0 Å². The molecule has 2 N–H and O–H groups in total. The number of rotatable bonds is 5. The molecule has 2 unspecified atom stereocenters. The van der Waals surface area contributed by atoms with E-state index >= 15 is 0 Å². The highest BCUT2D eigenvalue weighted by atomic mass is 35.5. The Balaban J connectivity index is 2.26. The van der Waals surface area contributed by atoms with Crippen LogP contribution in [0.4, 0.5) is 5.69 Å². The van der Waals surface area contributed by atoms with Crippen molar-refractivity contribution in [1.29, 1.82) is 0 Å². The van der Waals surface area contributed by atoms with Crippen molar-refractivity contribution in [2.75, 3.05) is 26.1 Å². The number of methoxy groups -OCH3 is 1. The summed E-state index contributed by atoms with van der Waals surface area (Å²) in [7, 11) is 3.35. The zero-order valence-electron chi connectivity index (χ0n) is 11.1. The first kappa shape index (κ1) is 14.1. The maximum Gasteiger partial charge on any atom is 0.246 e. The number of anilines is 1. The van der Waals surface area contributed by atoms with Crippen LogP contribution >= 0.6 is 11.6 Å². The lowest BCUT2D eigenvalue weighted by molar-refractivity contribution is -0.117. The maximum absolute atomic E-state index is 11.7. The molecule has 0 bridgehead atoms. The van der Waals surface area contributed by atoms with E-state index in [9.17, 15) is 4.79 Å². The maximum atomic E-state index is 11.7. The van der Waals surface area contributed by atoms with Gasteiger partial charge >= 0.3 is 0 Å². The molecule has 1 aliphatic heterocycles. The van der Waals surface area contributed by atoms with Crippen LogP contribution in [-0.2, 0) is 9.53 Å². The number of halogens is 1. The third-order valence-corrected chi connectivity index (χ3v) is 3.25. The van der Waals surface area contributed by atoms with E-state index in [1.807, 2.05) is 6.92 Å². The van der Waals surface area contributed by atoms with Crippen molar-refractivity contribution in [3.63, 3.8) is 0 Å². The smallest absolute Gasteiger partial charge is 0.246 e. The molecule has 19 heavy (non-hydrogen) atoms. The normalized spacial score (nSPS) is 18.9. The summed E-state index contributed by atoms with van der Waals surface area (Å²) in [5, 5.41) is 6.23. The number of hydrogen-bond acceptors (Lipinski definition) is 4. The molecule has 0 fully saturated rings. The van der Waals surface area contributed by atoms with Crippen LogP contribution in [0.15, 0.2) is 12.1 Å². The summed E-state index contributed by atoms with van der Waals surface area (Å²) in [6.45, 7) is 2.36. The van der Waals surface area contributed by atoms with Crippen molar-refractivity contribution in [1.82, 2.24) is 5.32 Å². The van der Waals surface area contributed by atoms with Gasteiger partial charge in [-0.2, -0.15) is 0 Å². The molecule has 1 heterocycles. The van der Waals surface area contributed by atoms with E-state index in [2.05, 4.69) is 10.6 Å². The molecule has 0 aromatic heterocycles. The van der Waals surface area contributed by atoms with Crippen molar-refractivity contribution in [2.24, 2.45) is 0 Å². The second-order valence-electron chi connectivity index (χ2n) is 4.46. The minimum Gasteiger partial charge on any atom is -0.487 e. The highest BCUT2D eigenvalue weighted by Crippen LogP contribution is 2.38. The van der Waals surface area contributed by atoms with Crippen molar-refractivity contribution in [3.8, 4) is 5.75 Å². The standard InChI is InChI=1S/C13H17ClN2O3/c1-7(6-18-3)19-11-5-10-8(4-9(11)14)12(15-2)13(17)16-10/h4-5,7,12,15H,6H2,1-3H3,(H,16,17). The van der Waals surface area contributed by atoms with E-state index in [-0.39, 0.29) is 18.1 Å². The zero-order valence-corrected chi connectivity index (χ0v) is 11.9. The molecule has 5 nitrogen and oxygen atoms in total. The number of carbonyl (C=O) groups is 1. The van der Waals surface area contributed by atoms with E-state index in [0.29, 0.717) is 17.4 Å². The Morgan fingerprint density at radius 1 is 1.53 bits per heavy atom. The number of amides is 1. The Labute approximate surface area is 117 Å². The third-order valence-electron chi connectivity index (χ3n) is 2.95. The van der Waals surface area contributed by atoms with E-state index < -0.39 is 0 Å². The largest absolute Gasteiger partial charge is 0.487 e. The fourth-order valence-corrected chi connectivity index (χ4v) is 2.34. The second-order valence-corrected chi connectivity index (χ2v) is 4.87. The van der Waals surface area contributed by atoms with Crippen LogP contribution in [0.25, 0.3) is 0 Å². The van der Waals surface area contributed by atoms with Gasteiger partial charge in [0.25, 0.3) is 0 Å². The molecule has 104 valence electrons. The Hall–Kier alpha value is -1.30. The number of hydrogen-bond donors (Lipinski definition) is 2. The van der Waals surface area contributed by atoms with Crippen molar-refractivity contribution in [2.45, 2.75) is 19.1 Å². The van der Waals surface area contributed by atoms with Crippen molar-refractivity contribution < 1.29 is 14.3 Å². The average Bonchev–Trinajstić information content (AvgIpc) is 2.64. The number of benzene rings is 1. The minimum atomic E-state index is -0.363. The van der Waals surface area contributed by atoms with Crippen LogP contribution in [0, 0.1) is 0 Å². The summed E-state index contributed by atoms with van der Waals surface area (Å²) in [4.78, 5) is 11.7. The third kappa shape index (κ3) is 2.83. The molecule has 2 atom stereocenters. The Morgan fingerprint density at radius 2 is 2.26 bits per heavy atom. The molecule has 0 radical (unpaired) electrons. The van der Waals surface area contributed by atoms with Gasteiger partial charge in [0, 0.05) is 24.4 Å². The molecule has 0 saturated heterocycles. The van der Waals surface area contributed by atoms with Gasteiger partial charge in [-0.25, -0.2) is 0 Å². The molecule has 6 heteroatoms. The number of fused-ring (bicyclic) bond motifs is 1. The SMILES string of the molecule is CNC1C(=O)Nc2cc(OC(C)COC)c(Cl)cc21. The number of carbonyl (C=O) groups excluding carboxylic acids is 1. The molecule has 1 amide bonds. The molecule has 1 aromatic rings. The lowest BCUT2D eigenvalue weighted by Gasteiger charge is -2.16. The Kier molecular flexibility index (Phi) is 4.29. The minimum absolute atomic E-state index is 0.0874. The second kappa shape index (κ2) is 5.77. The lowest BCUT2D eigenvalue weighted by atomic mass is 10.1. The molecule has 2 rings (SSSR count). The fraction of sp³-hybridized carbons (Fsp3) is 0.462. The zero-order chi connectivity index (χ0) is 14.0. The Bertz CT molecular complexity index is 493.